The van der Waals surface area contributed by atoms with Gasteiger partial charge in [0.1, 0.15) is 13.2 Å². The van der Waals surface area contributed by atoms with Crippen LogP contribution in [0.4, 0.5) is 11.4 Å². The van der Waals surface area contributed by atoms with Crippen LogP contribution in [0.5, 0.6) is 0 Å². The van der Waals surface area contributed by atoms with E-state index in [1.54, 1.807) is 24.3 Å². The van der Waals surface area contributed by atoms with E-state index >= 15 is 0 Å². The fourth-order valence-electron chi connectivity index (χ4n) is 3.43. The number of anilines is 2. The van der Waals surface area contributed by atoms with Crippen molar-refractivity contribution in [3.05, 3.63) is 58.7 Å². The molecular weight excluding hydrogens is 404 g/mol. The zero-order valence-corrected chi connectivity index (χ0v) is 20.1. The molecule has 6 heteroatoms. The highest BCUT2D eigenvalue weighted by Gasteiger charge is 2.23. The highest BCUT2D eigenvalue weighted by atomic mass is 16.6. The van der Waals surface area contributed by atoms with E-state index < -0.39 is 11.9 Å². The molecule has 0 saturated heterocycles. The summed E-state index contributed by atoms with van der Waals surface area (Å²) in [6.07, 6.45) is 1.86. The van der Waals surface area contributed by atoms with Crippen molar-refractivity contribution in [1.29, 1.82) is 0 Å². The zero-order chi connectivity index (χ0) is 24.1. The first-order chi connectivity index (χ1) is 14.9. The lowest BCUT2D eigenvalue weighted by atomic mass is 9.81. The Labute approximate surface area is 191 Å². The molecule has 0 saturated carbocycles. The lowest BCUT2D eigenvalue weighted by Crippen LogP contribution is -2.19. The van der Waals surface area contributed by atoms with Gasteiger partial charge in [-0.3, -0.25) is 0 Å². The number of hydrogen-bond donors (Lipinski definition) is 2. The molecule has 0 aliphatic carbocycles. The average Bonchev–Trinajstić information content (AvgIpc) is 2.75. The molecule has 0 spiro atoms. The topological polar surface area (TPSA) is 105 Å². The summed E-state index contributed by atoms with van der Waals surface area (Å²) in [5.74, 6) is -1.02. The summed E-state index contributed by atoms with van der Waals surface area (Å²) >= 11 is 0. The van der Waals surface area contributed by atoms with Gasteiger partial charge in [0.05, 0.1) is 11.1 Å². The third kappa shape index (κ3) is 5.81. The smallest absolute Gasteiger partial charge is 0.338 e. The summed E-state index contributed by atoms with van der Waals surface area (Å²) in [6.45, 7) is 12.5. The van der Waals surface area contributed by atoms with Crippen LogP contribution in [0.15, 0.2) is 36.4 Å². The minimum Gasteiger partial charge on any atom is -0.458 e. The predicted molar refractivity (Wildman–Crippen MR) is 129 cm³/mol. The van der Waals surface area contributed by atoms with Crippen LogP contribution in [-0.2, 0) is 20.3 Å². The van der Waals surface area contributed by atoms with Crippen molar-refractivity contribution in [2.24, 2.45) is 0 Å². The molecule has 0 aromatic heterocycles. The van der Waals surface area contributed by atoms with E-state index in [1.165, 1.54) is 0 Å². The van der Waals surface area contributed by atoms with Crippen molar-refractivity contribution in [2.45, 2.75) is 65.2 Å². The summed E-state index contributed by atoms with van der Waals surface area (Å²) in [5.41, 5.74) is 16.0. The summed E-state index contributed by atoms with van der Waals surface area (Å²) in [6, 6.07) is 10.4. The molecule has 4 N–H and O–H groups in total. The molecule has 0 unspecified atom stereocenters. The van der Waals surface area contributed by atoms with Gasteiger partial charge in [-0.2, -0.15) is 0 Å². The van der Waals surface area contributed by atoms with E-state index in [4.69, 9.17) is 20.9 Å². The van der Waals surface area contributed by atoms with Crippen LogP contribution in [0.25, 0.3) is 0 Å². The standard InChI is InChI=1S/C26H36N2O4/c1-7-25(3,4)19-11-9-17(15-21(19)27)23(29)31-13-14-32-24(30)18-10-12-20(22(28)16-18)26(5,6)8-2/h9-12,15-16H,7-8,13-14,27-28H2,1-6H3. The second kappa shape index (κ2) is 10.1. The Bertz CT molecular complexity index is 900. The third-order valence-corrected chi connectivity index (χ3v) is 6.35. The lowest BCUT2D eigenvalue weighted by Gasteiger charge is -2.25. The molecule has 2 aromatic carbocycles. The Kier molecular flexibility index (Phi) is 7.94. The SMILES string of the molecule is CCC(C)(C)c1ccc(C(=O)OCCOC(=O)c2ccc(C(C)(C)CC)c(N)c2)cc1N. The minimum absolute atomic E-state index is 0.0525. The number of ether oxygens (including phenoxy) is 2. The van der Waals surface area contributed by atoms with E-state index in [9.17, 15) is 9.59 Å². The van der Waals surface area contributed by atoms with Crippen LogP contribution >= 0.6 is 0 Å². The molecule has 0 amide bonds. The maximum atomic E-state index is 12.3. The quantitative estimate of drug-likeness (QED) is 0.314. The molecule has 0 bridgehead atoms. The molecule has 0 heterocycles. The molecule has 0 atom stereocenters. The van der Waals surface area contributed by atoms with Crippen molar-refractivity contribution < 1.29 is 19.1 Å². The molecule has 32 heavy (non-hydrogen) atoms. The number of esters is 2. The van der Waals surface area contributed by atoms with Crippen LogP contribution in [-0.4, -0.2) is 25.2 Å². The Morgan fingerprint density at radius 3 is 1.34 bits per heavy atom. The Balaban J connectivity index is 1.91. The van der Waals surface area contributed by atoms with Crippen molar-refractivity contribution >= 4 is 23.3 Å². The van der Waals surface area contributed by atoms with Crippen LogP contribution in [0.1, 0.15) is 86.2 Å². The van der Waals surface area contributed by atoms with Gasteiger partial charge in [-0.15, -0.1) is 0 Å². The molecule has 0 aliphatic rings. The third-order valence-electron chi connectivity index (χ3n) is 6.35. The monoisotopic (exact) mass is 440 g/mol. The first-order valence-electron chi connectivity index (χ1n) is 11.1. The molecule has 6 nitrogen and oxygen atoms in total. The van der Waals surface area contributed by atoms with E-state index in [2.05, 4.69) is 41.5 Å². The number of carbonyl (C=O) groups is 2. The highest BCUT2D eigenvalue weighted by molar-refractivity contribution is 5.91. The van der Waals surface area contributed by atoms with Gasteiger partial charge in [0.25, 0.3) is 0 Å². The van der Waals surface area contributed by atoms with Gasteiger partial charge >= 0.3 is 11.9 Å². The van der Waals surface area contributed by atoms with Crippen molar-refractivity contribution in [3.8, 4) is 0 Å². The van der Waals surface area contributed by atoms with E-state index in [0.717, 1.165) is 24.0 Å². The number of carbonyl (C=O) groups excluding carboxylic acids is 2. The van der Waals surface area contributed by atoms with Gasteiger partial charge in [-0.1, -0.05) is 53.7 Å². The van der Waals surface area contributed by atoms with Gasteiger partial charge in [-0.25, -0.2) is 9.59 Å². The Morgan fingerprint density at radius 1 is 0.719 bits per heavy atom. The fraction of sp³-hybridized carbons (Fsp3) is 0.462. The van der Waals surface area contributed by atoms with Gasteiger partial charge in [0.2, 0.25) is 0 Å². The van der Waals surface area contributed by atoms with E-state index in [0.29, 0.717) is 22.5 Å². The summed E-state index contributed by atoms with van der Waals surface area (Å²) in [4.78, 5) is 24.6. The molecule has 2 rings (SSSR count). The van der Waals surface area contributed by atoms with E-state index in [1.807, 2.05) is 12.1 Å². The van der Waals surface area contributed by atoms with Gasteiger partial charge in [0.15, 0.2) is 0 Å². The summed E-state index contributed by atoms with van der Waals surface area (Å²) in [7, 11) is 0. The molecule has 174 valence electrons. The molecule has 0 radical (unpaired) electrons. The number of benzene rings is 2. The van der Waals surface area contributed by atoms with Crippen LogP contribution in [0, 0.1) is 0 Å². The van der Waals surface area contributed by atoms with Gasteiger partial charge in [-0.05, 0) is 59.1 Å². The molecular formula is C26H36N2O4. The van der Waals surface area contributed by atoms with Crippen molar-refractivity contribution in [1.82, 2.24) is 0 Å². The maximum Gasteiger partial charge on any atom is 0.338 e. The fourth-order valence-corrected chi connectivity index (χ4v) is 3.43. The van der Waals surface area contributed by atoms with Crippen LogP contribution in [0.2, 0.25) is 0 Å². The molecule has 0 aliphatic heterocycles. The van der Waals surface area contributed by atoms with Crippen LogP contribution in [0.3, 0.4) is 0 Å². The van der Waals surface area contributed by atoms with Gasteiger partial charge < -0.3 is 20.9 Å². The molecule has 0 fully saturated rings. The Morgan fingerprint density at radius 2 is 1.06 bits per heavy atom. The maximum absolute atomic E-state index is 12.3. The number of nitrogens with two attached hydrogens (primary N) is 2. The Hall–Kier alpha value is -3.02. The largest absolute Gasteiger partial charge is 0.458 e. The summed E-state index contributed by atoms with van der Waals surface area (Å²) < 4.78 is 10.5. The minimum atomic E-state index is -0.510. The first kappa shape index (κ1) is 25.2. The van der Waals surface area contributed by atoms with Gasteiger partial charge in [0, 0.05) is 11.4 Å². The lowest BCUT2D eigenvalue weighted by molar-refractivity contribution is 0.0265. The number of nitrogen functional groups attached to an aromatic ring is 2. The second-order valence-electron chi connectivity index (χ2n) is 9.35. The first-order valence-corrected chi connectivity index (χ1v) is 11.1. The van der Waals surface area contributed by atoms with E-state index in [-0.39, 0.29) is 24.0 Å². The average molecular weight is 441 g/mol. The normalized spacial score (nSPS) is 11.8. The highest BCUT2D eigenvalue weighted by Crippen LogP contribution is 2.32. The predicted octanol–water partition coefficient (Wildman–Crippen LogP) is 5.24. The van der Waals surface area contributed by atoms with Crippen molar-refractivity contribution in [3.63, 3.8) is 0 Å². The summed E-state index contributed by atoms with van der Waals surface area (Å²) in [5, 5.41) is 0. The van der Waals surface area contributed by atoms with Crippen LogP contribution < -0.4 is 11.5 Å². The number of hydrogen-bond acceptors (Lipinski definition) is 6. The zero-order valence-electron chi connectivity index (χ0n) is 20.1. The number of rotatable bonds is 9. The second-order valence-corrected chi connectivity index (χ2v) is 9.35. The molecule has 2 aromatic rings. The van der Waals surface area contributed by atoms with Crippen molar-refractivity contribution in [2.75, 3.05) is 24.7 Å².